The minimum absolute atomic E-state index is 0.303. The number of nitrogens with two attached hydrogens (primary N) is 1. The van der Waals surface area contributed by atoms with Crippen LogP contribution in [-0.2, 0) is 4.74 Å². The van der Waals surface area contributed by atoms with E-state index in [2.05, 4.69) is 5.10 Å². The Hall–Kier alpha value is -2.33. The van der Waals surface area contributed by atoms with Gasteiger partial charge in [-0.05, 0) is 23.8 Å². The fraction of sp³-hybridized carbons (Fsp3) is 0.125. The minimum atomic E-state index is -0.355. The monoisotopic (exact) mass is 300 g/mol. The maximum Gasteiger partial charge on any atom is 0.339 e. The Labute approximate surface area is 127 Å². The molecular weight excluding hydrogens is 288 g/mol. The Kier molecular flexibility index (Phi) is 3.62. The second kappa shape index (κ2) is 5.58. The summed E-state index contributed by atoms with van der Waals surface area (Å²) in [7, 11) is 0. The summed E-state index contributed by atoms with van der Waals surface area (Å²) in [6, 6.07) is 14.6. The van der Waals surface area contributed by atoms with E-state index < -0.39 is 0 Å². The summed E-state index contributed by atoms with van der Waals surface area (Å²) in [6.07, 6.45) is 0.0765. The Bertz CT molecular complexity index is 710. The van der Waals surface area contributed by atoms with E-state index in [1.807, 2.05) is 30.3 Å². The van der Waals surface area contributed by atoms with Gasteiger partial charge in [0.2, 0.25) is 0 Å². The van der Waals surface area contributed by atoms with Gasteiger partial charge in [-0.1, -0.05) is 41.9 Å². The SMILES string of the molecule is N/N=C(\CC1OC(=O)c2ccccc21)c1ccc(Cl)cc1. The van der Waals surface area contributed by atoms with Gasteiger partial charge in [0.25, 0.3) is 0 Å². The third-order valence-corrected chi connectivity index (χ3v) is 3.74. The van der Waals surface area contributed by atoms with Gasteiger partial charge in [0.1, 0.15) is 6.10 Å². The van der Waals surface area contributed by atoms with E-state index >= 15 is 0 Å². The van der Waals surface area contributed by atoms with Crippen molar-refractivity contribution in [2.75, 3.05) is 0 Å². The van der Waals surface area contributed by atoms with Crippen LogP contribution in [-0.4, -0.2) is 11.7 Å². The minimum Gasteiger partial charge on any atom is -0.453 e. The van der Waals surface area contributed by atoms with E-state index in [0.29, 0.717) is 22.7 Å². The molecule has 1 heterocycles. The standard InChI is InChI=1S/C16H13ClN2O2/c17-11-7-5-10(6-8-11)14(19-18)9-15-12-3-1-2-4-13(12)16(20)21-15/h1-8,15H,9,18H2/b19-14+. The fourth-order valence-electron chi connectivity index (χ4n) is 2.43. The molecule has 1 unspecified atom stereocenters. The zero-order valence-corrected chi connectivity index (χ0v) is 11.9. The predicted molar refractivity (Wildman–Crippen MR) is 81.4 cm³/mol. The number of carbonyl (C=O) groups is 1. The first kappa shape index (κ1) is 13.6. The Morgan fingerprint density at radius 1 is 1.19 bits per heavy atom. The number of nitrogens with zero attached hydrogens (tertiary/aromatic N) is 1. The van der Waals surface area contributed by atoms with Crippen molar-refractivity contribution in [1.82, 2.24) is 0 Å². The van der Waals surface area contributed by atoms with E-state index in [0.717, 1.165) is 11.1 Å². The zero-order chi connectivity index (χ0) is 14.8. The molecular formula is C16H13ClN2O2. The van der Waals surface area contributed by atoms with Gasteiger partial charge in [0, 0.05) is 17.0 Å². The first-order valence-corrected chi connectivity index (χ1v) is 6.89. The van der Waals surface area contributed by atoms with Gasteiger partial charge >= 0.3 is 5.97 Å². The predicted octanol–water partition coefficient (Wildman–Crippen LogP) is 3.30. The van der Waals surface area contributed by atoms with Crippen molar-refractivity contribution in [3.8, 4) is 0 Å². The molecule has 3 rings (SSSR count). The summed E-state index contributed by atoms with van der Waals surface area (Å²) in [6.45, 7) is 0. The molecule has 1 atom stereocenters. The largest absolute Gasteiger partial charge is 0.453 e. The molecule has 1 aliphatic heterocycles. The molecule has 0 saturated carbocycles. The Morgan fingerprint density at radius 2 is 1.90 bits per heavy atom. The lowest BCUT2D eigenvalue weighted by molar-refractivity contribution is 0.0400. The summed E-state index contributed by atoms with van der Waals surface area (Å²) in [4.78, 5) is 11.8. The molecule has 2 aromatic carbocycles. The van der Waals surface area contributed by atoms with Gasteiger partial charge in [0.15, 0.2) is 0 Å². The number of esters is 1. The molecule has 0 radical (unpaired) electrons. The highest BCUT2D eigenvalue weighted by molar-refractivity contribution is 6.30. The van der Waals surface area contributed by atoms with Crippen molar-refractivity contribution < 1.29 is 9.53 Å². The third-order valence-electron chi connectivity index (χ3n) is 3.49. The summed E-state index contributed by atoms with van der Waals surface area (Å²) in [5.41, 5.74) is 3.01. The Morgan fingerprint density at radius 3 is 2.62 bits per heavy atom. The maximum atomic E-state index is 11.8. The van der Waals surface area contributed by atoms with Crippen LogP contribution in [0.15, 0.2) is 53.6 Å². The number of hydrogen-bond donors (Lipinski definition) is 1. The highest BCUT2D eigenvalue weighted by Crippen LogP contribution is 2.33. The summed E-state index contributed by atoms with van der Waals surface area (Å²) in [5.74, 6) is 5.19. The van der Waals surface area contributed by atoms with Crippen LogP contribution in [0.1, 0.15) is 34.0 Å². The maximum absolute atomic E-state index is 11.8. The molecule has 2 N–H and O–H groups in total. The van der Waals surface area contributed by atoms with Crippen LogP contribution in [0.5, 0.6) is 0 Å². The molecule has 0 aliphatic carbocycles. The van der Waals surface area contributed by atoms with Gasteiger partial charge in [0.05, 0.1) is 11.3 Å². The molecule has 2 aromatic rings. The first-order valence-electron chi connectivity index (χ1n) is 6.51. The summed E-state index contributed by atoms with van der Waals surface area (Å²) >= 11 is 5.88. The van der Waals surface area contributed by atoms with Crippen molar-refractivity contribution in [2.24, 2.45) is 10.9 Å². The highest BCUT2D eigenvalue weighted by atomic mass is 35.5. The molecule has 4 nitrogen and oxygen atoms in total. The number of cyclic esters (lactones) is 1. The smallest absolute Gasteiger partial charge is 0.339 e. The van der Waals surface area contributed by atoms with E-state index in [1.165, 1.54) is 0 Å². The quantitative estimate of drug-likeness (QED) is 0.409. The van der Waals surface area contributed by atoms with E-state index in [1.54, 1.807) is 18.2 Å². The molecule has 1 aliphatic rings. The van der Waals surface area contributed by atoms with Gasteiger partial charge in [-0.2, -0.15) is 5.10 Å². The van der Waals surface area contributed by atoms with E-state index in [-0.39, 0.29) is 12.1 Å². The van der Waals surface area contributed by atoms with Gasteiger partial charge in [-0.25, -0.2) is 4.79 Å². The number of hydrazone groups is 1. The number of hydrogen-bond acceptors (Lipinski definition) is 4. The molecule has 5 heteroatoms. The lowest BCUT2D eigenvalue weighted by Crippen LogP contribution is -2.11. The molecule has 0 amide bonds. The average Bonchev–Trinajstić information content (AvgIpc) is 2.83. The number of rotatable bonds is 3. The normalized spacial score (nSPS) is 17.5. The van der Waals surface area contributed by atoms with Crippen molar-refractivity contribution in [3.05, 3.63) is 70.2 Å². The van der Waals surface area contributed by atoms with Crippen LogP contribution in [0.3, 0.4) is 0 Å². The summed E-state index contributed by atoms with van der Waals surface area (Å²) in [5, 5.41) is 4.48. The number of halogens is 1. The lowest BCUT2D eigenvalue weighted by Gasteiger charge is -2.12. The van der Waals surface area contributed by atoms with Gasteiger partial charge < -0.3 is 10.6 Å². The highest BCUT2D eigenvalue weighted by Gasteiger charge is 2.31. The molecule has 0 saturated heterocycles. The van der Waals surface area contributed by atoms with Crippen molar-refractivity contribution in [3.63, 3.8) is 0 Å². The van der Waals surface area contributed by atoms with Crippen LogP contribution in [0, 0.1) is 0 Å². The van der Waals surface area contributed by atoms with Crippen LogP contribution in [0.4, 0.5) is 0 Å². The molecule has 106 valence electrons. The molecule has 0 fully saturated rings. The van der Waals surface area contributed by atoms with Crippen LogP contribution >= 0.6 is 11.6 Å². The molecule has 0 bridgehead atoms. The van der Waals surface area contributed by atoms with Crippen LogP contribution in [0.25, 0.3) is 0 Å². The number of carbonyl (C=O) groups excluding carboxylic acids is 1. The topological polar surface area (TPSA) is 64.7 Å². The van der Waals surface area contributed by atoms with Crippen molar-refractivity contribution in [2.45, 2.75) is 12.5 Å². The van der Waals surface area contributed by atoms with Crippen molar-refractivity contribution >= 4 is 23.3 Å². The number of fused-ring (bicyclic) bond motifs is 1. The van der Waals surface area contributed by atoms with E-state index in [9.17, 15) is 4.79 Å². The van der Waals surface area contributed by atoms with Gasteiger partial charge in [-0.3, -0.25) is 0 Å². The van der Waals surface area contributed by atoms with Crippen molar-refractivity contribution in [1.29, 1.82) is 0 Å². The summed E-state index contributed by atoms with van der Waals surface area (Å²) < 4.78 is 5.41. The Balaban J connectivity index is 1.86. The molecule has 0 aromatic heterocycles. The van der Waals surface area contributed by atoms with Crippen LogP contribution in [0.2, 0.25) is 5.02 Å². The number of benzene rings is 2. The molecule has 21 heavy (non-hydrogen) atoms. The van der Waals surface area contributed by atoms with Crippen LogP contribution < -0.4 is 5.84 Å². The lowest BCUT2D eigenvalue weighted by atomic mass is 9.98. The zero-order valence-electron chi connectivity index (χ0n) is 11.1. The van der Waals surface area contributed by atoms with E-state index in [4.69, 9.17) is 22.2 Å². The van der Waals surface area contributed by atoms with Gasteiger partial charge in [-0.15, -0.1) is 0 Å². The second-order valence-corrected chi connectivity index (χ2v) is 5.20. The average molecular weight is 301 g/mol. The number of ether oxygens (including phenoxy) is 1. The first-order chi connectivity index (χ1) is 10.2. The third kappa shape index (κ3) is 2.62. The fourth-order valence-corrected chi connectivity index (χ4v) is 2.56. The molecule has 0 spiro atoms. The second-order valence-electron chi connectivity index (χ2n) is 4.77.